The molecule has 0 bridgehead atoms. The van der Waals surface area contributed by atoms with Gasteiger partial charge in [0.1, 0.15) is 0 Å². The lowest BCUT2D eigenvalue weighted by Gasteiger charge is -2.07. The molecule has 0 aromatic carbocycles. The highest BCUT2D eigenvalue weighted by Gasteiger charge is 2.17. The first-order chi connectivity index (χ1) is 5.86. The van der Waals surface area contributed by atoms with Crippen molar-refractivity contribution in [3.8, 4) is 0 Å². The Morgan fingerprint density at radius 3 is 3.17 bits per heavy atom. The number of pyridine rings is 1. The van der Waals surface area contributed by atoms with Crippen molar-refractivity contribution in [3.05, 3.63) is 29.6 Å². The third-order valence-electron chi connectivity index (χ3n) is 2.42. The van der Waals surface area contributed by atoms with Crippen LogP contribution in [0.1, 0.15) is 23.6 Å². The number of aryl methyl sites for hydroxylation is 1. The van der Waals surface area contributed by atoms with Crippen molar-refractivity contribution in [3.63, 3.8) is 0 Å². The van der Waals surface area contributed by atoms with E-state index in [1.807, 2.05) is 12.3 Å². The zero-order valence-electron chi connectivity index (χ0n) is 7.38. The average Bonchev–Trinajstić information content (AvgIpc) is 2.56. The van der Waals surface area contributed by atoms with E-state index < -0.39 is 0 Å². The van der Waals surface area contributed by atoms with E-state index in [-0.39, 0.29) is 0 Å². The van der Waals surface area contributed by atoms with Gasteiger partial charge in [0.25, 0.3) is 0 Å². The van der Waals surface area contributed by atoms with Gasteiger partial charge in [-0.2, -0.15) is 0 Å². The minimum atomic E-state index is 0.643. The highest BCUT2D eigenvalue weighted by Crippen LogP contribution is 2.20. The molecule has 0 radical (unpaired) electrons. The molecule has 1 fully saturated rings. The molecule has 1 N–H and O–H groups in total. The van der Waals surface area contributed by atoms with Crippen molar-refractivity contribution >= 4 is 0 Å². The Balaban J connectivity index is 2.21. The van der Waals surface area contributed by atoms with E-state index in [0.717, 1.165) is 13.1 Å². The van der Waals surface area contributed by atoms with Gasteiger partial charge < -0.3 is 5.32 Å². The lowest BCUT2D eigenvalue weighted by Crippen LogP contribution is -2.08. The van der Waals surface area contributed by atoms with Crippen LogP contribution >= 0.6 is 0 Å². The molecule has 0 amide bonds. The quantitative estimate of drug-likeness (QED) is 0.676. The largest absolute Gasteiger partial charge is 0.316 e. The third kappa shape index (κ3) is 1.48. The van der Waals surface area contributed by atoms with Crippen LogP contribution in [0, 0.1) is 6.92 Å². The summed E-state index contributed by atoms with van der Waals surface area (Å²) in [7, 11) is 0. The Kier molecular flexibility index (Phi) is 2.09. The molecule has 2 nitrogen and oxygen atoms in total. The highest BCUT2D eigenvalue weighted by molar-refractivity contribution is 5.18. The van der Waals surface area contributed by atoms with Gasteiger partial charge in [-0.25, -0.2) is 0 Å². The summed E-state index contributed by atoms with van der Waals surface area (Å²) >= 11 is 0. The molecule has 2 heterocycles. The van der Waals surface area contributed by atoms with Crippen LogP contribution in [0.3, 0.4) is 0 Å². The molecule has 0 spiro atoms. The Hall–Kier alpha value is -0.890. The van der Waals surface area contributed by atoms with E-state index in [4.69, 9.17) is 0 Å². The maximum absolute atomic E-state index is 4.38. The molecule has 2 heteroatoms. The average molecular weight is 162 g/mol. The van der Waals surface area contributed by atoms with E-state index in [0.29, 0.717) is 5.92 Å². The van der Waals surface area contributed by atoms with Crippen LogP contribution in [0.5, 0.6) is 0 Å². The molecule has 64 valence electrons. The zero-order chi connectivity index (χ0) is 8.39. The van der Waals surface area contributed by atoms with Gasteiger partial charge >= 0.3 is 0 Å². The standard InChI is InChI=1S/C10H14N2/c1-8-2-5-12-10(6-8)9-3-4-11-7-9/h2,5-6,9,11H,3-4,7H2,1H3. The van der Waals surface area contributed by atoms with Gasteiger partial charge in [0.05, 0.1) is 0 Å². The van der Waals surface area contributed by atoms with Crippen LogP contribution in [0.15, 0.2) is 18.3 Å². The van der Waals surface area contributed by atoms with Crippen molar-refractivity contribution in [2.24, 2.45) is 0 Å². The summed E-state index contributed by atoms with van der Waals surface area (Å²) < 4.78 is 0. The fourth-order valence-corrected chi connectivity index (χ4v) is 1.69. The van der Waals surface area contributed by atoms with Gasteiger partial charge in [0.2, 0.25) is 0 Å². The van der Waals surface area contributed by atoms with Gasteiger partial charge in [-0.3, -0.25) is 4.98 Å². The minimum Gasteiger partial charge on any atom is -0.316 e. The third-order valence-corrected chi connectivity index (χ3v) is 2.42. The Morgan fingerprint density at radius 2 is 2.50 bits per heavy atom. The van der Waals surface area contributed by atoms with Gasteiger partial charge in [-0.15, -0.1) is 0 Å². The number of nitrogens with zero attached hydrogens (tertiary/aromatic N) is 1. The predicted molar refractivity (Wildman–Crippen MR) is 49.2 cm³/mol. The van der Waals surface area contributed by atoms with Gasteiger partial charge in [-0.1, -0.05) is 0 Å². The van der Waals surface area contributed by atoms with E-state index in [1.54, 1.807) is 0 Å². The van der Waals surface area contributed by atoms with Crippen molar-refractivity contribution in [2.75, 3.05) is 13.1 Å². The number of aromatic nitrogens is 1. The van der Waals surface area contributed by atoms with E-state index in [2.05, 4.69) is 23.3 Å². The SMILES string of the molecule is Cc1ccnc(C2CCNC2)c1. The van der Waals surface area contributed by atoms with Crippen LogP contribution in [0.4, 0.5) is 0 Å². The molecule has 0 aliphatic carbocycles. The number of rotatable bonds is 1. The van der Waals surface area contributed by atoms with Crippen LogP contribution in [0.2, 0.25) is 0 Å². The van der Waals surface area contributed by atoms with Crippen LogP contribution in [0.25, 0.3) is 0 Å². The van der Waals surface area contributed by atoms with E-state index >= 15 is 0 Å². The molecule has 1 aliphatic rings. The van der Waals surface area contributed by atoms with Crippen LogP contribution < -0.4 is 5.32 Å². The Labute approximate surface area is 73.0 Å². The van der Waals surface area contributed by atoms with Gasteiger partial charge in [0, 0.05) is 24.4 Å². The molecule has 1 aromatic heterocycles. The van der Waals surface area contributed by atoms with Crippen molar-refractivity contribution in [2.45, 2.75) is 19.3 Å². The lowest BCUT2D eigenvalue weighted by atomic mass is 10.0. The smallest absolute Gasteiger partial charge is 0.0450 e. The van der Waals surface area contributed by atoms with Crippen LogP contribution in [-0.4, -0.2) is 18.1 Å². The van der Waals surface area contributed by atoms with Crippen molar-refractivity contribution < 1.29 is 0 Å². The number of nitrogens with one attached hydrogen (secondary N) is 1. The molecule has 1 aromatic rings. The molecule has 1 saturated heterocycles. The summed E-state index contributed by atoms with van der Waals surface area (Å²) in [6, 6.07) is 4.24. The summed E-state index contributed by atoms with van der Waals surface area (Å²) in [5.41, 5.74) is 2.56. The monoisotopic (exact) mass is 162 g/mol. The van der Waals surface area contributed by atoms with Crippen molar-refractivity contribution in [1.82, 2.24) is 10.3 Å². The molecule has 1 unspecified atom stereocenters. The van der Waals surface area contributed by atoms with E-state index in [1.165, 1.54) is 17.7 Å². The lowest BCUT2D eigenvalue weighted by molar-refractivity contribution is 0.734. The van der Waals surface area contributed by atoms with Gasteiger partial charge in [-0.05, 0) is 37.6 Å². The van der Waals surface area contributed by atoms with Crippen LogP contribution in [-0.2, 0) is 0 Å². The first kappa shape index (κ1) is 7.74. The molecular weight excluding hydrogens is 148 g/mol. The summed E-state index contributed by atoms with van der Waals surface area (Å²) in [6.07, 6.45) is 3.14. The Morgan fingerprint density at radius 1 is 1.58 bits per heavy atom. The van der Waals surface area contributed by atoms with Gasteiger partial charge in [0.15, 0.2) is 0 Å². The summed E-state index contributed by atoms with van der Waals surface area (Å²) in [5.74, 6) is 0.643. The second-order valence-electron chi connectivity index (χ2n) is 3.45. The fourth-order valence-electron chi connectivity index (χ4n) is 1.69. The maximum Gasteiger partial charge on any atom is 0.0450 e. The minimum absolute atomic E-state index is 0.643. The van der Waals surface area contributed by atoms with E-state index in [9.17, 15) is 0 Å². The Bertz CT molecular complexity index is 264. The highest BCUT2D eigenvalue weighted by atomic mass is 14.9. The molecule has 1 aliphatic heterocycles. The molecule has 0 saturated carbocycles. The molecule has 12 heavy (non-hydrogen) atoms. The predicted octanol–water partition coefficient (Wildman–Crippen LogP) is 1.47. The second-order valence-corrected chi connectivity index (χ2v) is 3.45. The second kappa shape index (κ2) is 3.23. The molecule has 1 atom stereocenters. The van der Waals surface area contributed by atoms with Crippen molar-refractivity contribution in [1.29, 1.82) is 0 Å². The normalized spacial score (nSPS) is 22.9. The number of hydrogen-bond acceptors (Lipinski definition) is 2. The molecular formula is C10H14N2. The summed E-state index contributed by atoms with van der Waals surface area (Å²) in [5, 5.41) is 3.35. The summed E-state index contributed by atoms with van der Waals surface area (Å²) in [4.78, 5) is 4.38. The number of hydrogen-bond donors (Lipinski definition) is 1. The maximum atomic E-state index is 4.38. The summed E-state index contributed by atoms with van der Waals surface area (Å²) in [6.45, 7) is 4.35. The first-order valence-corrected chi connectivity index (χ1v) is 4.49. The first-order valence-electron chi connectivity index (χ1n) is 4.49. The topological polar surface area (TPSA) is 24.9 Å². The zero-order valence-corrected chi connectivity index (χ0v) is 7.38. The molecule has 2 rings (SSSR count). The fraction of sp³-hybridized carbons (Fsp3) is 0.500.